The van der Waals surface area contributed by atoms with Crippen LogP contribution in [0.2, 0.25) is 0 Å². The second kappa shape index (κ2) is 8.42. The molecule has 0 aliphatic heterocycles. The molecule has 0 heterocycles. The lowest BCUT2D eigenvalue weighted by Crippen LogP contribution is -2.36. The molecule has 2 aromatic rings. The fourth-order valence-corrected chi connectivity index (χ4v) is 2.85. The Balaban J connectivity index is 2.12. The van der Waals surface area contributed by atoms with Crippen LogP contribution in [0.25, 0.3) is 0 Å². The SMILES string of the molecule is CC(C)C(C(=O)NCC(C(=O)O)c1ccc(F)cc1)c1ccccc1. The van der Waals surface area contributed by atoms with E-state index in [1.54, 1.807) is 0 Å². The summed E-state index contributed by atoms with van der Waals surface area (Å²) in [7, 11) is 0. The van der Waals surface area contributed by atoms with Gasteiger partial charge < -0.3 is 10.4 Å². The Hall–Kier alpha value is -2.69. The molecule has 0 bridgehead atoms. The third-order valence-electron chi connectivity index (χ3n) is 4.16. The van der Waals surface area contributed by atoms with Crippen LogP contribution in [-0.2, 0) is 9.59 Å². The number of carbonyl (C=O) groups excluding carboxylic acids is 1. The molecule has 0 aliphatic carbocycles. The highest BCUT2D eigenvalue weighted by molar-refractivity contribution is 5.85. The molecule has 0 aliphatic rings. The first-order valence-corrected chi connectivity index (χ1v) is 8.21. The van der Waals surface area contributed by atoms with E-state index in [0.29, 0.717) is 5.56 Å². The Morgan fingerprint density at radius 3 is 2.12 bits per heavy atom. The molecule has 2 N–H and O–H groups in total. The molecule has 132 valence electrons. The van der Waals surface area contributed by atoms with Gasteiger partial charge in [0.1, 0.15) is 5.82 Å². The minimum atomic E-state index is -1.06. The molecule has 0 radical (unpaired) electrons. The molecule has 4 nitrogen and oxygen atoms in total. The Kier molecular flexibility index (Phi) is 6.28. The van der Waals surface area contributed by atoms with Crippen molar-refractivity contribution in [3.8, 4) is 0 Å². The maximum atomic E-state index is 13.0. The zero-order valence-electron chi connectivity index (χ0n) is 14.3. The zero-order chi connectivity index (χ0) is 18.4. The van der Waals surface area contributed by atoms with Gasteiger partial charge in [0, 0.05) is 6.54 Å². The molecule has 0 aromatic heterocycles. The van der Waals surface area contributed by atoms with Crippen molar-refractivity contribution in [1.82, 2.24) is 5.32 Å². The van der Waals surface area contributed by atoms with Crippen molar-refractivity contribution < 1.29 is 19.1 Å². The van der Waals surface area contributed by atoms with Crippen LogP contribution in [0.1, 0.15) is 36.8 Å². The van der Waals surface area contributed by atoms with Gasteiger partial charge in [-0.15, -0.1) is 0 Å². The third-order valence-corrected chi connectivity index (χ3v) is 4.16. The number of hydrogen-bond donors (Lipinski definition) is 2. The summed E-state index contributed by atoms with van der Waals surface area (Å²) in [5.74, 6) is -2.92. The number of carboxylic acid groups (broad SMARTS) is 1. The van der Waals surface area contributed by atoms with Crippen molar-refractivity contribution in [3.05, 3.63) is 71.5 Å². The van der Waals surface area contributed by atoms with Crippen LogP contribution in [0.15, 0.2) is 54.6 Å². The first-order valence-electron chi connectivity index (χ1n) is 8.21. The first kappa shape index (κ1) is 18.6. The second-order valence-corrected chi connectivity index (χ2v) is 6.32. The lowest BCUT2D eigenvalue weighted by atomic mass is 9.87. The maximum Gasteiger partial charge on any atom is 0.312 e. The lowest BCUT2D eigenvalue weighted by Gasteiger charge is -2.22. The highest BCUT2D eigenvalue weighted by atomic mass is 19.1. The predicted octanol–water partition coefficient (Wildman–Crippen LogP) is 3.55. The molecule has 2 unspecified atom stereocenters. The van der Waals surface area contributed by atoms with Crippen molar-refractivity contribution in [2.45, 2.75) is 25.7 Å². The van der Waals surface area contributed by atoms with E-state index in [0.717, 1.165) is 5.56 Å². The van der Waals surface area contributed by atoms with Gasteiger partial charge >= 0.3 is 5.97 Å². The average Bonchev–Trinajstić information content (AvgIpc) is 2.57. The van der Waals surface area contributed by atoms with Gasteiger partial charge in [-0.05, 0) is 29.2 Å². The minimum absolute atomic E-state index is 0.0458. The smallest absolute Gasteiger partial charge is 0.312 e. The fourth-order valence-electron chi connectivity index (χ4n) is 2.85. The Labute approximate surface area is 146 Å². The van der Waals surface area contributed by atoms with E-state index in [2.05, 4.69) is 5.32 Å². The molecule has 25 heavy (non-hydrogen) atoms. The standard InChI is InChI=1S/C20H22FNO3/c1-13(2)18(15-6-4-3-5-7-15)19(23)22-12-17(20(24)25)14-8-10-16(21)11-9-14/h3-11,13,17-18H,12H2,1-2H3,(H,22,23)(H,24,25). The monoisotopic (exact) mass is 343 g/mol. The summed E-state index contributed by atoms with van der Waals surface area (Å²) in [5, 5.41) is 12.2. The molecule has 0 saturated heterocycles. The van der Waals surface area contributed by atoms with E-state index in [9.17, 15) is 19.1 Å². The molecule has 2 rings (SSSR count). The molecule has 1 amide bonds. The molecule has 0 saturated carbocycles. The van der Waals surface area contributed by atoms with Crippen molar-refractivity contribution in [1.29, 1.82) is 0 Å². The van der Waals surface area contributed by atoms with Crippen LogP contribution < -0.4 is 5.32 Å². The van der Waals surface area contributed by atoms with E-state index in [-0.39, 0.29) is 24.3 Å². The van der Waals surface area contributed by atoms with E-state index >= 15 is 0 Å². The highest BCUT2D eigenvalue weighted by Gasteiger charge is 2.26. The van der Waals surface area contributed by atoms with Crippen LogP contribution in [0.3, 0.4) is 0 Å². The molecular weight excluding hydrogens is 321 g/mol. The summed E-state index contributed by atoms with van der Waals surface area (Å²) in [5.41, 5.74) is 1.35. The van der Waals surface area contributed by atoms with Gasteiger partial charge in [0.05, 0.1) is 11.8 Å². The van der Waals surface area contributed by atoms with Crippen molar-refractivity contribution in [2.24, 2.45) is 5.92 Å². The Morgan fingerprint density at radius 1 is 1.00 bits per heavy atom. The number of halogens is 1. The Bertz CT molecular complexity index is 713. The van der Waals surface area contributed by atoms with Gasteiger partial charge in [-0.1, -0.05) is 56.3 Å². The van der Waals surface area contributed by atoms with E-state index < -0.39 is 17.7 Å². The van der Waals surface area contributed by atoms with Crippen molar-refractivity contribution in [3.63, 3.8) is 0 Å². The van der Waals surface area contributed by atoms with Gasteiger partial charge in [0.25, 0.3) is 0 Å². The zero-order valence-corrected chi connectivity index (χ0v) is 14.3. The predicted molar refractivity (Wildman–Crippen MR) is 93.8 cm³/mol. The summed E-state index contributed by atoms with van der Waals surface area (Å²) in [6, 6.07) is 14.7. The summed E-state index contributed by atoms with van der Waals surface area (Å²) < 4.78 is 13.0. The lowest BCUT2D eigenvalue weighted by molar-refractivity contribution is -0.138. The molecule has 0 spiro atoms. The maximum absolute atomic E-state index is 13.0. The number of amides is 1. The van der Waals surface area contributed by atoms with Gasteiger partial charge in [-0.25, -0.2) is 4.39 Å². The Morgan fingerprint density at radius 2 is 1.60 bits per heavy atom. The van der Waals surface area contributed by atoms with Crippen LogP contribution in [0.5, 0.6) is 0 Å². The average molecular weight is 343 g/mol. The highest BCUT2D eigenvalue weighted by Crippen LogP contribution is 2.25. The molecule has 0 fully saturated rings. The fraction of sp³-hybridized carbons (Fsp3) is 0.300. The van der Waals surface area contributed by atoms with Crippen LogP contribution in [-0.4, -0.2) is 23.5 Å². The van der Waals surface area contributed by atoms with Gasteiger partial charge in [-0.2, -0.15) is 0 Å². The molecule has 2 aromatic carbocycles. The van der Waals surface area contributed by atoms with Crippen molar-refractivity contribution in [2.75, 3.05) is 6.54 Å². The number of hydrogen-bond acceptors (Lipinski definition) is 2. The molecule has 2 atom stereocenters. The second-order valence-electron chi connectivity index (χ2n) is 6.32. The topological polar surface area (TPSA) is 66.4 Å². The van der Waals surface area contributed by atoms with Gasteiger partial charge in [-0.3, -0.25) is 9.59 Å². The van der Waals surface area contributed by atoms with Gasteiger partial charge in [0.15, 0.2) is 0 Å². The van der Waals surface area contributed by atoms with E-state index in [1.165, 1.54) is 24.3 Å². The number of aliphatic carboxylic acids is 1. The minimum Gasteiger partial charge on any atom is -0.481 e. The largest absolute Gasteiger partial charge is 0.481 e. The van der Waals surface area contributed by atoms with Crippen LogP contribution in [0.4, 0.5) is 4.39 Å². The first-order chi connectivity index (χ1) is 11.9. The van der Waals surface area contributed by atoms with E-state index in [1.807, 2.05) is 44.2 Å². The van der Waals surface area contributed by atoms with E-state index in [4.69, 9.17) is 0 Å². The number of nitrogens with one attached hydrogen (secondary N) is 1. The summed E-state index contributed by atoms with van der Waals surface area (Å²) in [6.45, 7) is 3.85. The molecule has 5 heteroatoms. The number of benzene rings is 2. The summed E-state index contributed by atoms with van der Waals surface area (Å²) in [6.07, 6.45) is 0. The summed E-state index contributed by atoms with van der Waals surface area (Å²) in [4.78, 5) is 24.2. The summed E-state index contributed by atoms with van der Waals surface area (Å²) >= 11 is 0. The normalized spacial score (nSPS) is 13.3. The van der Waals surface area contributed by atoms with Crippen molar-refractivity contribution >= 4 is 11.9 Å². The van der Waals surface area contributed by atoms with Crippen LogP contribution in [0, 0.1) is 11.7 Å². The quantitative estimate of drug-likeness (QED) is 0.808. The van der Waals surface area contributed by atoms with Crippen LogP contribution >= 0.6 is 0 Å². The third kappa shape index (κ3) is 4.89. The van der Waals surface area contributed by atoms with Gasteiger partial charge in [0.2, 0.25) is 5.91 Å². The molecular formula is C20H22FNO3. The number of rotatable bonds is 7. The number of carbonyl (C=O) groups is 2. The number of carboxylic acids is 1.